The van der Waals surface area contributed by atoms with Gasteiger partial charge in [0, 0.05) is 30.2 Å². The van der Waals surface area contributed by atoms with Crippen molar-refractivity contribution in [2.24, 2.45) is 0 Å². The summed E-state index contributed by atoms with van der Waals surface area (Å²) in [6.07, 6.45) is -1.60. The lowest BCUT2D eigenvalue weighted by Crippen LogP contribution is -2.14. The van der Waals surface area contributed by atoms with E-state index in [1.54, 1.807) is 10.9 Å². The fourth-order valence-electron chi connectivity index (χ4n) is 3.69. The molecule has 0 radical (unpaired) electrons. The normalized spacial score (nSPS) is 16.5. The first-order valence-electron chi connectivity index (χ1n) is 9.94. The Morgan fingerprint density at radius 2 is 2.03 bits per heavy atom. The van der Waals surface area contributed by atoms with Crippen molar-refractivity contribution in [2.45, 2.75) is 39.0 Å². The van der Waals surface area contributed by atoms with Crippen molar-refractivity contribution < 1.29 is 22.6 Å². The van der Waals surface area contributed by atoms with Gasteiger partial charge in [0.1, 0.15) is 5.75 Å². The molecule has 0 amide bonds. The number of aromatic nitrogens is 3. The Kier molecular flexibility index (Phi) is 5.62. The van der Waals surface area contributed by atoms with E-state index in [0.717, 1.165) is 28.7 Å². The molecule has 0 aliphatic carbocycles. The molecule has 0 bridgehead atoms. The number of rotatable bonds is 4. The van der Waals surface area contributed by atoms with E-state index in [0.29, 0.717) is 31.0 Å². The molecular weight excluding hydrogens is 409 g/mol. The van der Waals surface area contributed by atoms with Gasteiger partial charge in [-0.1, -0.05) is 0 Å². The summed E-state index contributed by atoms with van der Waals surface area (Å²) in [4.78, 5) is 4.29. The molecule has 3 aromatic rings. The molecule has 4 rings (SSSR count). The van der Waals surface area contributed by atoms with Crippen LogP contribution in [0.5, 0.6) is 5.75 Å². The van der Waals surface area contributed by atoms with E-state index in [2.05, 4.69) is 10.3 Å². The number of anilines is 2. The fraction of sp³-hybridized carbons (Fsp3) is 0.364. The van der Waals surface area contributed by atoms with E-state index in [1.165, 1.54) is 19.2 Å². The highest BCUT2D eigenvalue weighted by Crippen LogP contribution is 2.38. The molecule has 3 heterocycles. The number of fused-ring (bicyclic) bond motifs is 1. The largest absolute Gasteiger partial charge is 0.496 e. The van der Waals surface area contributed by atoms with Gasteiger partial charge in [0.25, 0.3) is 0 Å². The Bertz CT molecular complexity index is 1080. The smallest absolute Gasteiger partial charge is 0.419 e. The molecule has 1 aliphatic rings. The Balaban J connectivity index is 1.80. The van der Waals surface area contributed by atoms with Crippen LogP contribution < -0.4 is 10.1 Å². The highest BCUT2D eigenvalue weighted by atomic mass is 19.4. The Labute approximate surface area is 178 Å². The van der Waals surface area contributed by atoms with Crippen LogP contribution in [0.1, 0.15) is 29.4 Å². The maximum Gasteiger partial charge on any atom is 0.419 e. The minimum atomic E-state index is -4.50. The van der Waals surface area contributed by atoms with Crippen molar-refractivity contribution in [3.05, 3.63) is 59.0 Å². The number of hydrogen-bond donors (Lipinski definition) is 1. The summed E-state index contributed by atoms with van der Waals surface area (Å²) in [5, 5.41) is 8.00. The Hall–Kier alpha value is -3.07. The standard InChI is InChI=1S/C22H23F3N4O2/c1-13-4-5-15(12-26-13)27-21-17-8-9-31-14(2)10-19(17)29(28-21)16-6-7-18(22(23,24)25)20(11-16)30-3/h4-7,11-12,14H,8-10H2,1-3H3,(H,27,28)/t14-/m1/s1. The first-order chi connectivity index (χ1) is 14.8. The molecule has 0 spiro atoms. The van der Waals surface area contributed by atoms with Gasteiger partial charge in [0.15, 0.2) is 5.82 Å². The van der Waals surface area contributed by atoms with E-state index < -0.39 is 11.7 Å². The van der Waals surface area contributed by atoms with E-state index in [9.17, 15) is 13.2 Å². The molecular formula is C22H23F3N4O2. The Morgan fingerprint density at radius 1 is 1.23 bits per heavy atom. The van der Waals surface area contributed by atoms with Crippen LogP contribution in [0.15, 0.2) is 36.5 Å². The molecule has 0 unspecified atom stereocenters. The van der Waals surface area contributed by atoms with Crippen LogP contribution in [-0.2, 0) is 23.8 Å². The fourth-order valence-corrected chi connectivity index (χ4v) is 3.69. The zero-order valence-corrected chi connectivity index (χ0v) is 17.5. The molecule has 0 saturated carbocycles. The summed E-state index contributed by atoms with van der Waals surface area (Å²) >= 11 is 0. The summed E-state index contributed by atoms with van der Waals surface area (Å²) in [7, 11) is 1.23. The predicted molar refractivity (Wildman–Crippen MR) is 110 cm³/mol. The number of pyridine rings is 1. The van der Waals surface area contributed by atoms with Gasteiger partial charge in [-0.15, -0.1) is 5.10 Å². The number of nitrogens with one attached hydrogen (secondary N) is 1. The van der Waals surface area contributed by atoms with Gasteiger partial charge in [-0.05, 0) is 38.1 Å². The van der Waals surface area contributed by atoms with Crippen molar-refractivity contribution in [3.63, 3.8) is 0 Å². The molecule has 1 N–H and O–H groups in total. The van der Waals surface area contributed by atoms with Crippen molar-refractivity contribution in [3.8, 4) is 11.4 Å². The quantitative estimate of drug-likeness (QED) is 0.639. The highest BCUT2D eigenvalue weighted by Gasteiger charge is 2.34. The first-order valence-corrected chi connectivity index (χ1v) is 9.94. The first kappa shape index (κ1) is 21.2. The maximum atomic E-state index is 13.3. The zero-order valence-electron chi connectivity index (χ0n) is 17.5. The third kappa shape index (κ3) is 4.36. The molecule has 6 nitrogen and oxygen atoms in total. The van der Waals surface area contributed by atoms with Crippen molar-refractivity contribution >= 4 is 11.5 Å². The number of halogens is 3. The number of hydrogen-bond acceptors (Lipinski definition) is 5. The van der Waals surface area contributed by atoms with Crippen LogP contribution >= 0.6 is 0 Å². The van der Waals surface area contributed by atoms with Gasteiger partial charge in [-0.2, -0.15) is 13.2 Å². The number of alkyl halides is 3. The minimum absolute atomic E-state index is 0.0399. The van der Waals surface area contributed by atoms with E-state index in [-0.39, 0.29) is 11.9 Å². The molecule has 2 aromatic heterocycles. The van der Waals surface area contributed by atoms with Crippen LogP contribution in [0.25, 0.3) is 5.69 Å². The SMILES string of the molecule is COc1cc(-n2nc(Nc3ccc(C)nc3)c3c2C[C@@H](C)OCC3)ccc1C(F)(F)F. The summed E-state index contributed by atoms with van der Waals surface area (Å²) in [6.45, 7) is 4.41. The van der Waals surface area contributed by atoms with Crippen molar-refractivity contribution in [2.75, 3.05) is 19.0 Å². The predicted octanol–water partition coefficient (Wildman–Crippen LogP) is 4.85. The topological polar surface area (TPSA) is 61.2 Å². The summed E-state index contributed by atoms with van der Waals surface area (Å²) in [5.74, 6) is 0.390. The molecule has 1 aliphatic heterocycles. The second-order valence-electron chi connectivity index (χ2n) is 7.52. The van der Waals surface area contributed by atoms with E-state index in [4.69, 9.17) is 14.6 Å². The van der Waals surface area contributed by atoms with Gasteiger partial charge in [-0.3, -0.25) is 4.98 Å². The molecule has 1 aromatic carbocycles. The lowest BCUT2D eigenvalue weighted by molar-refractivity contribution is -0.138. The number of aryl methyl sites for hydroxylation is 1. The third-order valence-corrected chi connectivity index (χ3v) is 5.23. The maximum absolute atomic E-state index is 13.3. The summed E-state index contributed by atoms with van der Waals surface area (Å²) < 4.78 is 52.4. The van der Waals surface area contributed by atoms with Crippen molar-refractivity contribution in [1.29, 1.82) is 0 Å². The molecule has 1 atom stereocenters. The van der Waals surface area contributed by atoms with Crippen LogP contribution in [0.2, 0.25) is 0 Å². The molecule has 9 heteroatoms. The lowest BCUT2D eigenvalue weighted by Gasteiger charge is -2.15. The van der Waals surface area contributed by atoms with Crippen LogP contribution in [0.4, 0.5) is 24.7 Å². The molecule has 164 valence electrons. The zero-order chi connectivity index (χ0) is 22.2. The highest BCUT2D eigenvalue weighted by molar-refractivity contribution is 5.61. The van der Waals surface area contributed by atoms with Gasteiger partial charge in [0.05, 0.1) is 48.6 Å². The Morgan fingerprint density at radius 3 is 2.71 bits per heavy atom. The molecule has 31 heavy (non-hydrogen) atoms. The van der Waals surface area contributed by atoms with Gasteiger partial charge in [0.2, 0.25) is 0 Å². The average molecular weight is 432 g/mol. The van der Waals surface area contributed by atoms with E-state index >= 15 is 0 Å². The molecule has 0 saturated heterocycles. The van der Waals surface area contributed by atoms with Crippen molar-refractivity contribution in [1.82, 2.24) is 14.8 Å². The van der Waals surface area contributed by atoms with Gasteiger partial charge >= 0.3 is 6.18 Å². The average Bonchev–Trinajstić information content (AvgIpc) is 2.92. The summed E-state index contributed by atoms with van der Waals surface area (Å²) in [6, 6.07) is 7.60. The second kappa shape index (κ2) is 8.22. The lowest BCUT2D eigenvalue weighted by atomic mass is 10.1. The van der Waals surface area contributed by atoms with Crippen LogP contribution in [0.3, 0.4) is 0 Å². The number of nitrogens with zero attached hydrogens (tertiary/aromatic N) is 3. The van der Waals surface area contributed by atoms with Gasteiger partial charge < -0.3 is 14.8 Å². The van der Waals surface area contributed by atoms with E-state index in [1.807, 2.05) is 26.0 Å². The van der Waals surface area contributed by atoms with Gasteiger partial charge in [-0.25, -0.2) is 4.68 Å². The monoisotopic (exact) mass is 432 g/mol. The second-order valence-corrected chi connectivity index (χ2v) is 7.52. The number of ether oxygens (including phenoxy) is 2. The minimum Gasteiger partial charge on any atom is -0.496 e. The third-order valence-electron chi connectivity index (χ3n) is 5.23. The number of benzene rings is 1. The van der Waals surface area contributed by atoms with Crippen LogP contribution in [-0.4, -0.2) is 34.6 Å². The molecule has 0 fully saturated rings. The number of methoxy groups -OCH3 is 1. The van der Waals surface area contributed by atoms with Crippen LogP contribution in [0, 0.1) is 6.92 Å². The summed E-state index contributed by atoms with van der Waals surface area (Å²) in [5.41, 5.74) is 3.22.